The van der Waals surface area contributed by atoms with Crippen molar-refractivity contribution < 1.29 is 28.2 Å². The molecule has 1 unspecified atom stereocenters. The molecule has 38 heavy (non-hydrogen) atoms. The first kappa shape index (κ1) is 25.3. The molecule has 0 saturated carbocycles. The van der Waals surface area contributed by atoms with Crippen LogP contribution in [0.1, 0.15) is 49.4 Å². The summed E-state index contributed by atoms with van der Waals surface area (Å²) in [5.41, 5.74) is 0.474. The molecule has 3 aromatic rings. The lowest BCUT2D eigenvalue weighted by molar-refractivity contribution is -0.157. The first-order chi connectivity index (χ1) is 18.1. The van der Waals surface area contributed by atoms with Crippen LogP contribution in [0, 0.1) is 5.82 Å². The van der Waals surface area contributed by atoms with Gasteiger partial charge in [-0.05, 0) is 38.8 Å². The molecule has 7 nitrogen and oxygen atoms in total. The normalized spacial score (nSPS) is 18.4. The van der Waals surface area contributed by atoms with E-state index in [1.807, 2.05) is 60.7 Å². The highest BCUT2D eigenvalue weighted by Crippen LogP contribution is 2.47. The van der Waals surface area contributed by atoms with Crippen LogP contribution in [-0.2, 0) is 31.1 Å². The van der Waals surface area contributed by atoms with Crippen molar-refractivity contribution in [2.24, 2.45) is 4.99 Å². The van der Waals surface area contributed by atoms with Crippen LogP contribution in [0.4, 0.5) is 14.9 Å². The Hall–Kier alpha value is -4.33. The lowest BCUT2D eigenvalue weighted by Crippen LogP contribution is -2.41. The van der Waals surface area contributed by atoms with Gasteiger partial charge in [-0.15, -0.1) is 0 Å². The zero-order chi connectivity index (χ0) is 27.1. The van der Waals surface area contributed by atoms with E-state index in [2.05, 4.69) is 0 Å². The van der Waals surface area contributed by atoms with Gasteiger partial charge in [0.15, 0.2) is 5.82 Å². The van der Waals surface area contributed by atoms with E-state index in [0.29, 0.717) is 5.71 Å². The highest BCUT2D eigenvalue weighted by molar-refractivity contribution is 6.14. The van der Waals surface area contributed by atoms with E-state index in [0.717, 1.165) is 16.0 Å². The Balaban J connectivity index is 1.50. The first-order valence-corrected chi connectivity index (χ1v) is 12.4. The van der Waals surface area contributed by atoms with Gasteiger partial charge in [0, 0.05) is 23.1 Å². The van der Waals surface area contributed by atoms with E-state index < -0.39 is 41.5 Å². The summed E-state index contributed by atoms with van der Waals surface area (Å²) in [5.74, 6) is -2.00. The summed E-state index contributed by atoms with van der Waals surface area (Å²) in [6, 6.07) is 22.0. The summed E-state index contributed by atoms with van der Waals surface area (Å²) in [4.78, 5) is 43.7. The summed E-state index contributed by atoms with van der Waals surface area (Å²) in [6.07, 6.45) is -0.700. The summed E-state index contributed by atoms with van der Waals surface area (Å²) in [7, 11) is 0. The maximum absolute atomic E-state index is 15.9. The van der Waals surface area contributed by atoms with Gasteiger partial charge in [0.2, 0.25) is 5.60 Å². The maximum atomic E-state index is 15.9. The van der Waals surface area contributed by atoms with Gasteiger partial charge >= 0.3 is 12.1 Å². The second-order valence-corrected chi connectivity index (χ2v) is 10.3. The molecule has 194 valence electrons. The van der Waals surface area contributed by atoms with Crippen LogP contribution < -0.4 is 0 Å². The summed E-state index contributed by atoms with van der Waals surface area (Å²) in [5, 5.41) is 0. The van der Waals surface area contributed by atoms with Gasteiger partial charge in [-0.1, -0.05) is 66.7 Å². The van der Waals surface area contributed by atoms with Gasteiger partial charge in [-0.25, -0.2) is 19.1 Å². The van der Waals surface area contributed by atoms with Gasteiger partial charge in [0.05, 0.1) is 11.4 Å². The van der Waals surface area contributed by atoms with Gasteiger partial charge in [0.25, 0.3) is 5.91 Å². The van der Waals surface area contributed by atoms with E-state index in [1.54, 1.807) is 26.8 Å². The van der Waals surface area contributed by atoms with Crippen molar-refractivity contribution in [2.75, 3.05) is 6.54 Å². The van der Waals surface area contributed by atoms with Crippen molar-refractivity contribution in [3.8, 4) is 0 Å². The third kappa shape index (κ3) is 4.58. The Labute approximate surface area is 219 Å². The molecule has 5 rings (SSSR count). The molecule has 1 fully saturated rings. The Morgan fingerprint density at radius 2 is 1.61 bits per heavy atom. The van der Waals surface area contributed by atoms with Gasteiger partial charge in [-0.3, -0.25) is 9.59 Å². The van der Waals surface area contributed by atoms with Crippen molar-refractivity contribution in [1.82, 2.24) is 4.90 Å². The molecule has 1 spiro atoms. The number of carbonyl (C=O) groups excluding carboxylic acids is 3. The van der Waals surface area contributed by atoms with E-state index >= 15 is 4.39 Å². The fourth-order valence-electron chi connectivity index (χ4n) is 4.88. The predicted octanol–water partition coefficient (Wildman–Crippen LogP) is 5.46. The molecule has 2 aliphatic rings. The summed E-state index contributed by atoms with van der Waals surface area (Å²) < 4.78 is 26.7. The molecule has 8 heteroatoms. The number of nitrogens with zero attached hydrogens (tertiary/aromatic N) is 2. The number of fused-ring (bicyclic) bond motifs is 2. The Morgan fingerprint density at radius 1 is 1.00 bits per heavy atom. The predicted molar refractivity (Wildman–Crippen MR) is 139 cm³/mol. The number of halogens is 1. The first-order valence-electron chi connectivity index (χ1n) is 12.4. The summed E-state index contributed by atoms with van der Waals surface area (Å²) >= 11 is 0. The van der Waals surface area contributed by atoms with Crippen LogP contribution in [0.25, 0.3) is 0 Å². The SMILES string of the molecule is CC(C)(C)OC(=O)CN1C(=O)OC2(CCc3c2ccc(N=C(c2ccccc2)c2ccccc2)c3F)C1=O. The van der Waals surface area contributed by atoms with Crippen molar-refractivity contribution in [2.45, 2.75) is 44.8 Å². The van der Waals surface area contributed by atoms with E-state index in [4.69, 9.17) is 14.5 Å². The maximum Gasteiger partial charge on any atom is 0.418 e. The zero-order valence-electron chi connectivity index (χ0n) is 21.4. The van der Waals surface area contributed by atoms with Crippen molar-refractivity contribution >= 4 is 29.4 Å². The van der Waals surface area contributed by atoms with Gasteiger partial charge in [-0.2, -0.15) is 0 Å². The fourth-order valence-corrected chi connectivity index (χ4v) is 4.88. The molecule has 1 aliphatic carbocycles. The number of benzene rings is 3. The molecule has 1 saturated heterocycles. The van der Waals surface area contributed by atoms with Crippen LogP contribution >= 0.6 is 0 Å². The molecular formula is C30H27FN2O5. The van der Waals surface area contributed by atoms with Crippen LogP contribution in [0.15, 0.2) is 77.8 Å². The number of carbonyl (C=O) groups is 3. The number of aliphatic imine (C=N–C) groups is 1. The molecule has 3 aromatic carbocycles. The van der Waals surface area contributed by atoms with E-state index in [1.165, 1.54) is 6.07 Å². The lowest BCUT2D eigenvalue weighted by Gasteiger charge is -2.22. The number of imide groups is 1. The molecule has 0 aromatic heterocycles. The smallest absolute Gasteiger partial charge is 0.418 e. The van der Waals surface area contributed by atoms with Gasteiger partial charge < -0.3 is 9.47 Å². The van der Waals surface area contributed by atoms with E-state index in [-0.39, 0.29) is 29.7 Å². The number of esters is 1. The Kier molecular flexibility index (Phi) is 6.34. The number of rotatable bonds is 5. The van der Waals surface area contributed by atoms with Crippen molar-refractivity contribution in [3.63, 3.8) is 0 Å². The average Bonchev–Trinajstić information content (AvgIpc) is 3.36. The number of amides is 2. The molecule has 2 amide bonds. The largest absolute Gasteiger partial charge is 0.459 e. The second-order valence-electron chi connectivity index (χ2n) is 10.3. The fraction of sp³-hybridized carbons (Fsp3) is 0.267. The van der Waals surface area contributed by atoms with Crippen LogP contribution in [0.2, 0.25) is 0 Å². The summed E-state index contributed by atoms with van der Waals surface area (Å²) in [6.45, 7) is 4.49. The highest BCUT2D eigenvalue weighted by atomic mass is 19.1. The van der Waals surface area contributed by atoms with Crippen LogP contribution in [-0.4, -0.2) is 40.7 Å². The standard InChI is InChI=1S/C30H27FN2O5/c1-29(2,3)37-24(34)18-33-27(35)30(38-28(33)36)17-16-21-22(30)14-15-23(25(21)31)32-26(19-10-6-4-7-11-19)20-12-8-5-9-13-20/h4-15H,16-18H2,1-3H3. The number of hydrogen-bond donors (Lipinski definition) is 0. The molecule has 1 atom stereocenters. The molecular weight excluding hydrogens is 487 g/mol. The third-order valence-corrected chi connectivity index (χ3v) is 6.49. The monoisotopic (exact) mass is 514 g/mol. The minimum Gasteiger partial charge on any atom is -0.459 e. The van der Waals surface area contributed by atoms with Gasteiger partial charge in [0.1, 0.15) is 12.1 Å². The Morgan fingerprint density at radius 3 is 2.18 bits per heavy atom. The molecule has 0 N–H and O–H groups in total. The molecule has 0 bridgehead atoms. The third-order valence-electron chi connectivity index (χ3n) is 6.49. The van der Waals surface area contributed by atoms with Crippen molar-refractivity contribution in [1.29, 1.82) is 0 Å². The van der Waals surface area contributed by atoms with Crippen LogP contribution in [0.5, 0.6) is 0 Å². The minimum atomic E-state index is -1.67. The molecule has 1 heterocycles. The number of ether oxygens (including phenoxy) is 2. The molecule has 0 radical (unpaired) electrons. The average molecular weight is 515 g/mol. The zero-order valence-corrected chi connectivity index (χ0v) is 21.4. The second kappa shape index (κ2) is 9.52. The van der Waals surface area contributed by atoms with E-state index in [9.17, 15) is 14.4 Å². The Bertz CT molecular complexity index is 1410. The van der Waals surface area contributed by atoms with Crippen LogP contribution in [0.3, 0.4) is 0 Å². The topological polar surface area (TPSA) is 85.3 Å². The molecule has 1 aliphatic heterocycles. The lowest BCUT2D eigenvalue weighted by atomic mass is 9.94. The highest BCUT2D eigenvalue weighted by Gasteiger charge is 2.59. The van der Waals surface area contributed by atoms with Crippen molar-refractivity contribution in [3.05, 3.63) is 101 Å². The quantitative estimate of drug-likeness (QED) is 0.334. The minimum absolute atomic E-state index is 0.0754. The number of hydrogen-bond acceptors (Lipinski definition) is 6.